The predicted octanol–water partition coefficient (Wildman–Crippen LogP) is -0.346. The summed E-state index contributed by atoms with van der Waals surface area (Å²) in [5.41, 5.74) is 1.31. The topological polar surface area (TPSA) is 116 Å². The lowest BCUT2D eigenvalue weighted by Gasteiger charge is -2.06. The van der Waals surface area contributed by atoms with Crippen molar-refractivity contribution in [2.45, 2.75) is 12.8 Å². The zero-order chi connectivity index (χ0) is 13.5. The first-order valence-corrected chi connectivity index (χ1v) is 6.07. The first-order chi connectivity index (χ1) is 9.31. The molecule has 1 amide bonds. The van der Waals surface area contributed by atoms with Gasteiger partial charge in [-0.1, -0.05) is 0 Å². The van der Waals surface area contributed by atoms with E-state index in [0.717, 1.165) is 5.52 Å². The Balaban J connectivity index is 1.79. The van der Waals surface area contributed by atoms with Gasteiger partial charge in [0.15, 0.2) is 11.5 Å². The lowest BCUT2D eigenvalue weighted by Crippen LogP contribution is -2.26. The number of aliphatic hydroxyl groups is 1. The number of anilines is 1. The van der Waals surface area contributed by atoms with Crippen LogP contribution in [0.4, 0.5) is 5.82 Å². The molecule has 102 valence electrons. The van der Waals surface area contributed by atoms with Crippen molar-refractivity contribution in [2.24, 2.45) is 0 Å². The molecule has 0 radical (unpaired) electrons. The minimum Gasteiger partial charge on any atom is -0.396 e. The van der Waals surface area contributed by atoms with Crippen LogP contribution in [0.25, 0.3) is 11.2 Å². The molecule has 0 aliphatic carbocycles. The number of H-pyrrole nitrogens is 1. The molecule has 2 aromatic heterocycles. The van der Waals surface area contributed by atoms with Crippen LogP contribution >= 0.6 is 0 Å². The highest BCUT2D eigenvalue weighted by Gasteiger charge is 2.06. The summed E-state index contributed by atoms with van der Waals surface area (Å²) in [6, 6.07) is 0. The molecule has 0 saturated heterocycles. The fourth-order valence-electron chi connectivity index (χ4n) is 1.59. The first kappa shape index (κ1) is 13.2. The molecule has 0 atom stereocenters. The molecule has 8 heteroatoms. The highest BCUT2D eigenvalue weighted by molar-refractivity contribution is 5.82. The van der Waals surface area contributed by atoms with Gasteiger partial charge in [0.2, 0.25) is 5.91 Å². The van der Waals surface area contributed by atoms with Gasteiger partial charge in [-0.2, -0.15) is 0 Å². The van der Waals surface area contributed by atoms with E-state index < -0.39 is 0 Å². The van der Waals surface area contributed by atoms with E-state index in [4.69, 9.17) is 5.11 Å². The van der Waals surface area contributed by atoms with E-state index in [1.807, 2.05) is 0 Å². The Hall–Kier alpha value is -2.22. The molecule has 4 N–H and O–H groups in total. The summed E-state index contributed by atoms with van der Waals surface area (Å²) in [5.74, 6) is 0.571. The third kappa shape index (κ3) is 3.62. The molecule has 2 heterocycles. The van der Waals surface area contributed by atoms with E-state index in [2.05, 4.69) is 30.6 Å². The normalized spacial score (nSPS) is 10.6. The molecule has 0 saturated carbocycles. The van der Waals surface area contributed by atoms with Gasteiger partial charge in [0.05, 0.1) is 6.33 Å². The van der Waals surface area contributed by atoms with Crippen molar-refractivity contribution < 1.29 is 9.90 Å². The number of amides is 1. The van der Waals surface area contributed by atoms with Gasteiger partial charge >= 0.3 is 0 Å². The fourth-order valence-corrected chi connectivity index (χ4v) is 1.59. The molecule has 2 aromatic rings. The van der Waals surface area contributed by atoms with Crippen molar-refractivity contribution in [1.82, 2.24) is 25.3 Å². The number of aromatic nitrogens is 4. The number of aliphatic hydroxyl groups excluding tert-OH is 1. The number of nitrogens with zero attached hydrogens (tertiary/aromatic N) is 3. The molecule has 19 heavy (non-hydrogen) atoms. The maximum absolute atomic E-state index is 11.4. The van der Waals surface area contributed by atoms with Crippen LogP contribution in [-0.4, -0.2) is 50.6 Å². The number of aromatic amines is 1. The van der Waals surface area contributed by atoms with Crippen molar-refractivity contribution in [1.29, 1.82) is 0 Å². The number of hydrogen-bond acceptors (Lipinski definition) is 6. The molecular formula is C11H16N6O2. The summed E-state index contributed by atoms with van der Waals surface area (Å²) in [4.78, 5) is 26.5. The quantitative estimate of drug-likeness (QED) is 0.508. The van der Waals surface area contributed by atoms with E-state index in [0.29, 0.717) is 37.4 Å². The van der Waals surface area contributed by atoms with Crippen LogP contribution in [0.2, 0.25) is 0 Å². The average molecular weight is 264 g/mol. The van der Waals surface area contributed by atoms with Crippen molar-refractivity contribution in [2.75, 3.05) is 25.0 Å². The van der Waals surface area contributed by atoms with Crippen LogP contribution in [0.1, 0.15) is 12.8 Å². The number of carbonyl (C=O) groups is 1. The van der Waals surface area contributed by atoms with E-state index in [1.165, 1.54) is 6.33 Å². The Morgan fingerprint density at radius 1 is 1.32 bits per heavy atom. The van der Waals surface area contributed by atoms with E-state index >= 15 is 0 Å². The van der Waals surface area contributed by atoms with Gasteiger partial charge in [-0.25, -0.2) is 15.0 Å². The number of nitrogens with one attached hydrogen (secondary N) is 3. The van der Waals surface area contributed by atoms with Gasteiger partial charge in [-0.3, -0.25) is 4.79 Å². The largest absolute Gasteiger partial charge is 0.396 e. The van der Waals surface area contributed by atoms with Crippen LogP contribution in [-0.2, 0) is 4.79 Å². The van der Waals surface area contributed by atoms with Gasteiger partial charge in [-0.05, 0) is 6.42 Å². The van der Waals surface area contributed by atoms with Crippen LogP contribution in [0.3, 0.4) is 0 Å². The van der Waals surface area contributed by atoms with Gasteiger partial charge in [0.1, 0.15) is 11.8 Å². The van der Waals surface area contributed by atoms with E-state index in [9.17, 15) is 4.79 Å². The van der Waals surface area contributed by atoms with Gasteiger partial charge in [-0.15, -0.1) is 0 Å². The molecular weight excluding hydrogens is 248 g/mol. The Labute approximate surface area is 109 Å². The molecule has 0 aromatic carbocycles. The molecule has 0 aliphatic rings. The highest BCUT2D eigenvalue weighted by atomic mass is 16.3. The highest BCUT2D eigenvalue weighted by Crippen LogP contribution is 2.13. The minimum absolute atomic E-state index is 0.0594. The Kier molecular flexibility index (Phi) is 4.62. The Morgan fingerprint density at radius 3 is 3.05 bits per heavy atom. The zero-order valence-corrected chi connectivity index (χ0v) is 10.4. The summed E-state index contributed by atoms with van der Waals surface area (Å²) in [6.07, 6.45) is 3.88. The monoisotopic (exact) mass is 264 g/mol. The second-order valence-electron chi connectivity index (χ2n) is 3.93. The minimum atomic E-state index is -0.0594. The number of imidazole rings is 1. The van der Waals surface area contributed by atoms with Crippen molar-refractivity contribution in [3.8, 4) is 0 Å². The standard InChI is InChI=1S/C11H16N6O2/c18-5-1-3-12-8(19)2-4-13-10-9-11(15-6-14-9)17-7-16-10/h6-7,18H,1-5H2,(H,12,19)(H2,13,14,15,16,17). The number of fused-ring (bicyclic) bond motifs is 1. The van der Waals surface area contributed by atoms with E-state index in [-0.39, 0.29) is 12.5 Å². The average Bonchev–Trinajstić information content (AvgIpc) is 2.88. The molecule has 0 fully saturated rings. The predicted molar refractivity (Wildman–Crippen MR) is 69.5 cm³/mol. The molecule has 2 rings (SSSR count). The summed E-state index contributed by atoms with van der Waals surface area (Å²) < 4.78 is 0. The van der Waals surface area contributed by atoms with Crippen LogP contribution in [0, 0.1) is 0 Å². The van der Waals surface area contributed by atoms with Crippen molar-refractivity contribution in [3.05, 3.63) is 12.7 Å². The number of hydrogen-bond donors (Lipinski definition) is 4. The maximum Gasteiger partial charge on any atom is 0.221 e. The smallest absolute Gasteiger partial charge is 0.221 e. The Bertz CT molecular complexity index is 541. The molecule has 0 unspecified atom stereocenters. The third-order valence-corrected chi connectivity index (χ3v) is 2.52. The van der Waals surface area contributed by atoms with Crippen molar-refractivity contribution >= 4 is 22.9 Å². The molecule has 0 aliphatic heterocycles. The molecule has 8 nitrogen and oxygen atoms in total. The summed E-state index contributed by atoms with van der Waals surface area (Å²) >= 11 is 0. The van der Waals surface area contributed by atoms with Crippen LogP contribution in [0.15, 0.2) is 12.7 Å². The van der Waals surface area contributed by atoms with Crippen LogP contribution < -0.4 is 10.6 Å². The zero-order valence-electron chi connectivity index (χ0n) is 10.4. The Morgan fingerprint density at radius 2 is 2.21 bits per heavy atom. The van der Waals surface area contributed by atoms with Gasteiger partial charge in [0, 0.05) is 26.1 Å². The molecule has 0 bridgehead atoms. The maximum atomic E-state index is 11.4. The van der Waals surface area contributed by atoms with Gasteiger partial charge < -0.3 is 20.7 Å². The number of carbonyl (C=O) groups excluding carboxylic acids is 1. The first-order valence-electron chi connectivity index (χ1n) is 6.07. The second kappa shape index (κ2) is 6.64. The summed E-state index contributed by atoms with van der Waals surface area (Å²) in [5, 5.41) is 14.4. The lowest BCUT2D eigenvalue weighted by molar-refractivity contribution is -0.120. The van der Waals surface area contributed by atoms with Crippen molar-refractivity contribution in [3.63, 3.8) is 0 Å². The summed E-state index contributed by atoms with van der Waals surface area (Å²) in [6.45, 7) is 1.04. The van der Waals surface area contributed by atoms with Crippen LogP contribution in [0.5, 0.6) is 0 Å². The van der Waals surface area contributed by atoms with E-state index in [1.54, 1.807) is 6.33 Å². The lowest BCUT2D eigenvalue weighted by atomic mass is 10.3. The third-order valence-electron chi connectivity index (χ3n) is 2.52. The van der Waals surface area contributed by atoms with Gasteiger partial charge in [0.25, 0.3) is 0 Å². The summed E-state index contributed by atoms with van der Waals surface area (Å²) in [7, 11) is 0. The fraction of sp³-hybridized carbons (Fsp3) is 0.455. The molecule has 0 spiro atoms. The second-order valence-corrected chi connectivity index (χ2v) is 3.93. The number of rotatable bonds is 7. The SMILES string of the molecule is O=C(CCNc1ncnc2nc[nH]c12)NCCCO.